The number of pyridine rings is 1. The van der Waals surface area contributed by atoms with E-state index in [0.717, 1.165) is 23.7 Å². The Morgan fingerprint density at radius 1 is 1.09 bits per heavy atom. The molecule has 2 heterocycles. The largest absolute Gasteiger partial charge is 0.351 e. The number of unbranched alkanes of at least 4 members (excludes halogenated alkanes) is 1. The number of aromatic amines is 1. The number of H-pyrrole nitrogens is 1. The van der Waals surface area contributed by atoms with Crippen LogP contribution in [-0.4, -0.2) is 22.0 Å². The summed E-state index contributed by atoms with van der Waals surface area (Å²) >= 11 is 0. The molecule has 23 heavy (non-hydrogen) atoms. The molecule has 3 aromatic rings. The number of hydrogen-bond acceptors (Lipinski definition) is 2. The van der Waals surface area contributed by atoms with E-state index in [2.05, 4.69) is 10.3 Å². The Hall–Kier alpha value is -2.82. The van der Waals surface area contributed by atoms with Crippen LogP contribution in [0.1, 0.15) is 23.3 Å². The molecule has 0 saturated heterocycles. The van der Waals surface area contributed by atoms with Crippen molar-refractivity contribution < 1.29 is 4.79 Å². The van der Waals surface area contributed by atoms with Gasteiger partial charge in [-0.25, -0.2) is 0 Å². The van der Waals surface area contributed by atoms with Crippen molar-refractivity contribution in [3.63, 3.8) is 0 Å². The first-order chi connectivity index (χ1) is 11.2. The summed E-state index contributed by atoms with van der Waals surface area (Å²) in [6, 6.07) is 14.8. The number of aromatic nitrogens is 2. The van der Waals surface area contributed by atoms with Crippen LogP contribution in [0.25, 0.3) is 10.9 Å². The van der Waals surface area contributed by atoms with E-state index in [1.165, 1.54) is 0 Å². The van der Waals surface area contributed by atoms with Crippen molar-refractivity contribution in [3.8, 4) is 0 Å². The Balaban J connectivity index is 1.46. The number of fused-ring (bicyclic) bond motifs is 1. The van der Waals surface area contributed by atoms with Crippen LogP contribution in [0.4, 0.5) is 0 Å². The van der Waals surface area contributed by atoms with Gasteiger partial charge in [0.25, 0.3) is 5.91 Å². The molecule has 1 amide bonds. The topological polar surface area (TPSA) is 66.9 Å². The SMILES string of the molecule is O=C(NCCCCn1ccccc1=O)c1cc2ccccc2[nH]1. The molecule has 0 bridgehead atoms. The zero-order valence-electron chi connectivity index (χ0n) is 12.8. The Morgan fingerprint density at radius 2 is 1.91 bits per heavy atom. The Bertz CT molecular complexity index is 831. The summed E-state index contributed by atoms with van der Waals surface area (Å²) in [5.41, 5.74) is 1.54. The molecule has 0 aliphatic heterocycles. The van der Waals surface area contributed by atoms with Gasteiger partial charge in [0.2, 0.25) is 5.56 Å². The normalized spacial score (nSPS) is 10.8. The molecule has 0 radical (unpaired) electrons. The minimum Gasteiger partial charge on any atom is -0.351 e. The van der Waals surface area contributed by atoms with Crippen molar-refractivity contribution in [2.45, 2.75) is 19.4 Å². The lowest BCUT2D eigenvalue weighted by atomic mass is 10.2. The molecule has 5 nitrogen and oxygen atoms in total. The third-order valence-corrected chi connectivity index (χ3v) is 3.78. The first-order valence-electron chi connectivity index (χ1n) is 7.75. The third kappa shape index (κ3) is 3.69. The molecule has 118 valence electrons. The summed E-state index contributed by atoms with van der Waals surface area (Å²) in [5.74, 6) is -0.0990. The molecule has 2 N–H and O–H groups in total. The maximum Gasteiger partial charge on any atom is 0.267 e. The fourth-order valence-electron chi connectivity index (χ4n) is 2.55. The van der Waals surface area contributed by atoms with Gasteiger partial charge in [-0.15, -0.1) is 0 Å². The summed E-state index contributed by atoms with van der Waals surface area (Å²) < 4.78 is 1.68. The first kappa shape index (κ1) is 15.1. The number of rotatable bonds is 6. The lowest BCUT2D eigenvalue weighted by Crippen LogP contribution is -2.25. The Labute approximate surface area is 134 Å². The molecule has 0 aliphatic rings. The predicted molar refractivity (Wildman–Crippen MR) is 90.6 cm³/mol. The van der Waals surface area contributed by atoms with Crippen molar-refractivity contribution in [3.05, 3.63) is 70.8 Å². The van der Waals surface area contributed by atoms with Crippen LogP contribution in [0.15, 0.2) is 59.5 Å². The highest BCUT2D eigenvalue weighted by Crippen LogP contribution is 2.14. The predicted octanol–water partition coefficient (Wildman–Crippen LogP) is 2.54. The van der Waals surface area contributed by atoms with Crippen molar-refractivity contribution in [1.82, 2.24) is 14.9 Å². The number of carbonyl (C=O) groups is 1. The van der Waals surface area contributed by atoms with Crippen LogP contribution in [-0.2, 0) is 6.54 Å². The molecule has 2 aromatic heterocycles. The highest BCUT2D eigenvalue weighted by atomic mass is 16.2. The number of hydrogen-bond donors (Lipinski definition) is 2. The highest BCUT2D eigenvalue weighted by molar-refractivity contribution is 5.97. The van der Waals surface area contributed by atoms with Crippen LogP contribution < -0.4 is 10.9 Å². The smallest absolute Gasteiger partial charge is 0.267 e. The average Bonchev–Trinajstić information content (AvgIpc) is 3.00. The van der Waals surface area contributed by atoms with E-state index in [4.69, 9.17) is 0 Å². The maximum atomic E-state index is 12.1. The van der Waals surface area contributed by atoms with Gasteiger partial charge in [-0.1, -0.05) is 24.3 Å². The zero-order chi connectivity index (χ0) is 16.1. The van der Waals surface area contributed by atoms with Gasteiger partial charge < -0.3 is 14.9 Å². The summed E-state index contributed by atoms with van der Waals surface area (Å²) in [6.45, 7) is 1.26. The van der Waals surface area contributed by atoms with Crippen molar-refractivity contribution >= 4 is 16.8 Å². The molecule has 3 rings (SSSR count). The second-order valence-electron chi connectivity index (χ2n) is 5.47. The third-order valence-electron chi connectivity index (χ3n) is 3.78. The van der Waals surface area contributed by atoms with Gasteiger partial charge in [-0.05, 0) is 31.0 Å². The highest BCUT2D eigenvalue weighted by Gasteiger charge is 2.08. The molecule has 0 fully saturated rings. The number of aryl methyl sites for hydroxylation is 1. The van der Waals surface area contributed by atoms with Crippen LogP contribution >= 0.6 is 0 Å². The summed E-state index contributed by atoms with van der Waals surface area (Å²) in [7, 11) is 0. The van der Waals surface area contributed by atoms with Gasteiger partial charge in [0.15, 0.2) is 0 Å². The minimum atomic E-state index is -0.0990. The van der Waals surface area contributed by atoms with Gasteiger partial charge in [-0.2, -0.15) is 0 Å². The van der Waals surface area contributed by atoms with E-state index in [1.807, 2.05) is 36.4 Å². The number of nitrogens with zero attached hydrogens (tertiary/aromatic N) is 1. The molecule has 0 saturated carbocycles. The Morgan fingerprint density at radius 3 is 2.74 bits per heavy atom. The van der Waals surface area contributed by atoms with Crippen LogP contribution in [0.5, 0.6) is 0 Å². The lowest BCUT2D eigenvalue weighted by Gasteiger charge is -2.06. The minimum absolute atomic E-state index is 0.00890. The van der Waals surface area contributed by atoms with Crippen molar-refractivity contribution in [2.24, 2.45) is 0 Å². The second kappa shape index (κ2) is 6.96. The molecule has 0 spiro atoms. The van der Waals surface area contributed by atoms with E-state index >= 15 is 0 Å². The number of carbonyl (C=O) groups excluding carboxylic acids is 1. The Kier molecular flexibility index (Phi) is 4.57. The van der Waals surface area contributed by atoms with E-state index in [-0.39, 0.29) is 11.5 Å². The summed E-state index contributed by atoms with van der Waals surface area (Å²) in [5, 5.41) is 3.93. The molecule has 0 unspecified atom stereocenters. The molecule has 1 aromatic carbocycles. The van der Waals surface area contributed by atoms with Gasteiger partial charge >= 0.3 is 0 Å². The molecule has 0 aliphatic carbocycles. The quantitative estimate of drug-likeness (QED) is 0.687. The fourth-order valence-corrected chi connectivity index (χ4v) is 2.55. The summed E-state index contributed by atoms with van der Waals surface area (Å²) in [6.07, 6.45) is 3.45. The molecular weight excluding hydrogens is 290 g/mol. The average molecular weight is 309 g/mol. The van der Waals surface area contributed by atoms with Crippen molar-refractivity contribution in [1.29, 1.82) is 0 Å². The number of nitrogens with one attached hydrogen (secondary N) is 2. The van der Waals surface area contributed by atoms with Crippen molar-refractivity contribution in [2.75, 3.05) is 6.54 Å². The lowest BCUT2D eigenvalue weighted by molar-refractivity contribution is 0.0948. The second-order valence-corrected chi connectivity index (χ2v) is 5.47. The van der Waals surface area contributed by atoms with Gasteiger partial charge in [0.1, 0.15) is 5.69 Å². The summed E-state index contributed by atoms with van der Waals surface area (Å²) in [4.78, 5) is 26.8. The number of amides is 1. The molecular formula is C18H19N3O2. The van der Waals surface area contributed by atoms with E-state index in [9.17, 15) is 9.59 Å². The van der Waals surface area contributed by atoms with Crippen LogP contribution in [0.3, 0.4) is 0 Å². The van der Waals surface area contributed by atoms with Gasteiger partial charge in [0.05, 0.1) is 0 Å². The maximum absolute atomic E-state index is 12.1. The number of benzene rings is 1. The van der Waals surface area contributed by atoms with E-state index < -0.39 is 0 Å². The first-order valence-corrected chi connectivity index (χ1v) is 7.75. The zero-order valence-corrected chi connectivity index (χ0v) is 12.8. The van der Waals surface area contributed by atoms with E-state index in [1.54, 1.807) is 22.9 Å². The standard InChI is InChI=1S/C18H19N3O2/c22-17-9-3-5-11-21(17)12-6-4-10-19-18(23)16-13-14-7-1-2-8-15(14)20-16/h1-3,5,7-9,11,13,20H,4,6,10,12H2,(H,19,23). The monoisotopic (exact) mass is 309 g/mol. The number of para-hydroxylation sites is 1. The fraction of sp³-hybridized carbons (Fsp3) is 0.222. The van der Waals surface area contributed by atoms with E-state index in [0.29, 0.717) is 18.8 Å². The van der Waals surface area contributed by atoms with Crippen LogP contribution in [0, 0.1) is 0 Å². The molecule has 5 heteroatoms. The van der Waals surface area contributed by atoms with Gasteiger partial charge in [0, 0.05) is 36.3 Å². The molecule has 0 atom stereocenters. The van der Waals surface area contributed by atoms with Gasteiger partial charge in [-0.3, -0.25) is 9.59 Å². The van der Waals surface area contributed by atoms with Crippen LogP contribution in [0.2, 0.25) is 0 Å².